The Morgan fingerprint density at radius 3 is 2.20 bits per heavy atom. The zero-order valence-electron chi connectivity index (χ0n) is 12.1. The fourth-order valence-electron chi connectivity index (χ4n) is 2.77. The van der Waals surface area contributed by atoms with Crippen molar-refractivity contribution < 1.29 is 4.79 Å². The second-order valence-corrected chi connectivity index (χ2v) is 5.78. The number of carbonyl (C=O) groups is 1. The zero-order valence-corrected chi connectivity index (χ0v) is 12.1. The minimum atomic E-state index is -0.678. The fraction of sp³-hybridized carbons (Fsp3) is 0.529. The van der Waals surface area contributed by atoms with Crippen LogP contribution in [0.4, 0.5) is 0 Å². The number of nitriles is 1. The summed E-state index contributed by atoms with van der Waals surface area (Å²) in [4.78, 5) is 12.3. The maximum Gasteiger partial charge on any atom is 0.252 e. The van der Waals surface area contributed by atoms with Gasteiger partial charge in [0, 0.05) is 5.56 Å². The topological polar surface area (TPSA) is 52.9 Å². The number of hydrogen-bond acceptors (Lipinski definition) is 2. The van der Waals surface area contributed by atoms with E-state index < -0.39 is 5.54 Å². The average molecular weight is 270 g/mol. The summed E-state index contributed by atoms with van der Waals surface area (Å²) in [6.45, 7) is 1.99. The van der Waals surface area contributed by atoms with Crippen molar-refractivity contribution >= 4 is 5.91 Å². The van der Waals surface area contributed by atoms with Gasteiger partial charge in [0.15, 0.2) is 0 Å². The molecule has 3 nitrogen and oxygen atoms in total. The van der Waals surface area contributed by atoms with Crippen molar-refractivity contribution in [2.45, 2.75) is 57.4 Å². The molecule has 0 aliphatic heterocycles. The Morgan fingerprint density at radius 1 is 1.10 bits per heavy atom. The molecular formula is C17H22N2O. The fourth-order valence-corrected chi connectivity index (χ4v) is 2.77. The van der Waals surface area contributed by atoms with Gasteiger partial charge in [-0.3, -0.25) is 4.79 Å². The predicted octanol–water partition coefficient (Wildman–Crippen LogP) is 3.73. The van der Waals surface area contributed by atoms with Gasteiger partial charge in [0.1, 0.15) is 5.54 Å². The highest BCUT2D eigenvalue weighted by atomic mass is 16.1. The Bertz CT molecular complexity index is 491. The molecule has 3 heteroatoms. The lowest BCUT2D eigenvalue weighted by Crippen LogP contribution is -2.47. The second kappa shape index (κ2) is 6.56. The summed E-state index contributed by atoms with van der Waals surface area (Å²) in [7, 11) is 0. The molecule has 1 saturated carbocycles. The van der Waals surface area contributed by atoms with E-state index in [1.165, 1.54) is 6.42 Å². The molecule has 1 aliphatic rings. The molecule has 20 heavy (non-hydrogen) atoms. The van der Waals surface area contributed by atoms with E-state index in [9.17, 15) is 10.1 Å². The Morgan fingerprint density at radius 2 is 1.65 bits per heavy atom. The van der Waals surface area contributed by atoms with Crippen molar-refractivity contribution in [1.82, 2.24) is 5.32 Å². The van der Waals surface area contributed by atoms with Crippen LogP contribution in [0.15, 0.2) is 24.3 Å². The smallest absolute Gasteiger partial charge is 0.252 e. The van der Waals surface area contributed by atoms with E-state index in [4.69, 9.17) is 0 Å². The zero-order chi connectivity index (χ0) is 14.4. The summed E-state index contributed by atoms with van der Waals surface area (Å²) in [5.41, 5.74) is 1.08. The molecule has 1 aromatic rings. The van der Waals surface area contributed by atoms with Crippen molar-refractivity contribution in [3.8, 4) is 6.07 Å². The highest BCUT2D eigenvalue weighted by Crippen LogP contribution is 2.26. The summed E-state index contributed by atoms with van der Waals surface area (Å²) in [6.07, 6.45) is 7.12. The molecule has 1 amide bonds. The highest BCUT2D eigenvalue weighted by Gasteiger charge is 2.32. The monoisotopic (exact) mass is 270 g/mol. The van der Waals surface area contributed by atoms with Gasteiger partial charge in [-0.2, -0.15) is 5.26 Å². The van der Waals surface area contributed by atoms with Crippen LogP contribution in [0.1, 0.15) is 60.9 Å². The van der Waals surface area contributed by atoms with Gasteiger partial charge in [-0.05, 0) is 31.9 Å². The van der Waals surface area contributed by atoms with E-state index in [0.717, 1.165) is 44.1 Å². The number of aryl methyl sites for hydroxylation is 1. The molecule has 0 unspecified atom stereocenters. The Labute approximate surface area is 121 Å². The molecule has 106 valence electrons. The van der Waals surface area contributed by atoms with Crippen LogP contribution in [0.3, 0.4) is 0 Å². The lowest BCUT2D eigenvalue weighted by atomic mass is 9.85. The van der Waals surface area contributed by atoms with Crippen LogP contribution in [-0.2, 0) is 0 Å². The third kappa shape index (κ3) is 3.60. The van der Waals surface area contributed by atoms with Gasteiger partial charge in [-0.25, -0.2) is 0 Å². The highest BCUT2D eigenvalue weighted by molar-refractivity contribution is 5.95. The average Bonchev–Trinajstić information content (AvgIpc) is 2.43. The standard InChI is InChI=1S/C17H22N2O/c1-14-7-9-15(10-8-14)16(20)19-17(13-18)11-5-3-2-4-6-12-17/h7-10H,2-6,11-12H2,1H3,(H,19,20). The first-order valence-electron chi connectivity index (χ1n) is 7.46. The largest absolute Gasteiger partial charge is 0.334 e. The summed E-state index contributed by atoms with van der Waals surface area (Å²) in [5, 5.41) is 12.5. The van der Waals surface area contributed by atoms with Gasteiger partial charge in [-0.1, -0.05) is 49.8 Å². The summed E-state index contributed by atoms with van der Waals surface area (Å²) in [5.74, 6) is -0.132. The van der Waals surface area contributed by atoms with Crippen molar-refractivity contribution in [2.75, 3.05) is 0 Å². The quantitative estimate of drug-likeness (QED) is 0.890. The molecule has 1 N–H and O–H groups in total. The van der Waals surface area contributed by atoms with E-state index >= 15 is 0 Å². The SMILES string of the molecule is Cc1ccc(C(=O)NC2(C#N)CCCCCCC2)cc1. The minimum Gasteiger partial charge on any atom is -0.334 e. The van der Waals surface area contributed by atoms with Gasteiger partial charge in [0.25, 0.3) is 5.91 Å². The van der Waals surface area contributed by atoms with Crippen LogP contribution >= 0.6 is 0 Å². The summed E-state index contributed by atoms with van der Waals surface area (Å²) in [6, 6.07) is 9.85. The van der Waals surface area contributed by atoms with Gasteiger partial charge in [-0.15, -0.1) is 0 Å². The van der Waals surface area contributed by atoms with E-state index in [2.05, 4.69) is 11.4 Å². The van der Waals surface area contributed by atoms with Gasteiger partial charge >= 0.3 is 0 Å². The van der Waals surface area contributed by atoms with Crippen molar-refractivity contribution in [3.05, 3.63) is 35.4 Å². The first-order chi connectivity index (χ1) is 9.65. The van der Waals surface area contributed by atoms with Gasteiger partial charge in [0.05, 0.1) is 6.07 Å². The van der Waals surface area contributed by atoms with Crippen molar-refractivity contribution in [2.24, 2.45) is 0 Å². The number of hydrogen-bond donors (Lipinski definition) is 1. The summed E-state index contributed by atoms with van der Waals surface area (Å²) < 4.78 is 0. The van der Waals surface area contributed by atoms with Crippen LogP contribution in [0.25, 0.3) is 0 Å². The Hall–Kier alpha value is -1.82. The van der Waals surface area contributed by atoms with Crippen LogP contribution in [-0.4, -0.2) is 11.4 Å². The first-order valence-corrected chi connectivity index (χ1v) is 7.46. The van der Waals surface area contributed by atoms with E-state index in [1.807, 2.05) is 31.2 Å². The van der Waals surface area contributed by atoms with Crippen molar-refractivity contribution in [1.29, 1.82) is 5.26 Å². The molecule has 2 rings (SSSR count). The second-order valence-electron chi connectivity index (χ2n) is 5.78. The number of amides is 1. The van der Waals surface area contributed by atoms with Crippen molar-refractivity contribution in [3.63, 3.8) is 0 Å². The molecule has 1 aromatic carbocycles. The minimum absolute atomic E-state index is 0.132. The molecule has 0 saturated heterocycles. The Kier molecular flexibility index (Phi) is 4.79. The maximum atomic E-state index is 12.3. The van der Waals surface area contributed by atoms with Gasteiger partial charge in [0.2, 0.25) is 0 Å². The molecule has 1 fully saturated rings. The van der Waals surface area contributed by atoms with Crippen LogP contribution in [0.5, 0.6) is 0 Å². The molecular weight excluding hydrogens is 248 g/mol. The molecule has 1 aliphatic carbocycles. The number of carbonyl (C=O) groups excluding carboxylic acids is 1. The molecule has 0 atom stereocenters. The first kappa shape index (κ1) is 14.6. The molecule has 0 bridgehead atoms. The molecule has 0 heterocycles. The third-order valence-electron chi connectivity index (χ3n) is 4.09. The molecule has 0 aromatic heterocycles. The lowest BCUT2D eigenvalue weighted by molar-refractivity contribution is 0.0907. The van der Waals surface area contributed by atoms with Crippen LogP contribution < -0.4 is 5.32 Å². The lowest BCUT2D eigenvalue weighted by Gasteiger charge is -2.29. The predicted molar refractivity (Wildman–Crippen MR) is 79.3 cm³/mol. The van der Waals surface area contributed by atoms with E-state index in [-0.39, 0.29) is 5.91 Å². The number of rotatable bonds is 2. The van der Waals surface area contributed by atoms with Gasteiger partial charge < -0.3 is 5.32 Å². The molecule has 0 spiro atoms. The van der Waals surface area contributed by atoms with E-state index in [0.29, 0.717) is 5.56 Å². The van der Waals surface area contributed by atoms with E-state index in [1.54, 1.807) is 0 Å². The number of nitrogens with zero attached hydrogens (tertiary/aromatic N) is 1. The normalized spacial score (nSPS) is 18.4. The number of nitrogens with one attached hydrogen (secondary N) is 1. The maximum absolute atomic E-state index is 12.3. The number of benzene rings is 1. The summed E-state index contributed by atoms with van der Waals surface area (Å²) >= 11 is 0. The van der Waals surface area contributed by atoms with Crippen LogP contribution in [0.2, 0.25) is 0 Å². The third-order valence-corrected chi connectivity index (χ3v) is 4.09. The molecule has 0 radical (unpaired) electrons. The Balaban J connectivity index is 2.10. The van der Waals surface area contributed by atoms with Crippen LogP contribution in [0, 0.1) is 18.3 Å².